The van der Waals surface area contributed by atoms with Crippen molar-refractivity contribution in [3.05, 3.63) is 52.3 Å². The summed E-state index contributed by atoms with van der Waals surface area (Å²) < 4.78 is 1.75. The highest BCUT2D eigenvalue weighted by Gasteiger charge is 2.20. The number of aromatic nitrogens is 2. The van der Waals surface area contributed by atoms with Gasteiger partial charge in [0.1, 0.15) is 0 Å². The van der Waals surface area contributed by atoms with Crippen LogP contribution in [0.5, 0.6) is 0 Å². The van der Waals surface area contributed by atoms with E-state index in [1.807, 2.05) is 27.9 Å². The molecule has 0 saturated heterocycles. The molecule has 0 unspecified atom stereocenters. The minimum atomic E-state index is 0.0219. The van der Waals surface area contributed by atoms with Gasteiger partial charge in [0, 0.05) is 26.3 Å². The Bertz CT molecular complexity index is 626. The van der Waals surface area contributed by atoms with E-state index in [9.17, 15) is 4.79 Å². The summed E-state index contributed by atoms with van der Waals surface area (Å²) in [7, 11) is 3.69. The van der Waals surface area contributed by atoms with Crippen LogP contribution in [0.25, 0.3) is 0 Å². The lowest BCUT2D eigenvalue weighted by molar-refractivity contribution is 0.0783. The summed E-state index contributed by atoms with van der Waals surface area (Å²) in [5, 5.41) is 4.30. The average Bonchev–Trinajstić information content (AvgIpc) is 2.65. The van der Waals surface area contributed by atoms with E-state index in [1.54, 1.807) is 9.58 Å². The fourth-order valence-electron chi connectivity index (χ4n) is 2.31. The van der Waals surface area contributed by atoms with Crippen LogP contribution in [0.4, 0.5) is 0 Å². The first-order valence-corrected chi connectivity index (χ1v) is 6.71. The zero-order valence-electron chi connectivity index (χ0n) is 12.8. The summed E-state index contributed by atoms with van der Waals surface area (Å²) in [6.07, 6.45) is 0. The Hall–Kier alpha value is -2.10. The van der Waals surface area contributed by atoms with Crippen LogP contribution in [-0.4, -0.2) is 27.6 Å². The van der Waals surface area contributed by atoms with E-state index in [2.05, 4.69) is 36.3 Å². The molecule has 0 N–H and O–H groups in total. The van der Waals surface area contributed by atoms with Crippen LogP contribution < -0.4 is 0 Å². The number of hydrogen-bond donors (Lipinski definition) is 0. The first kappa shape index (κ1) is 14.3. The number of carbonyl (C=O) groups excluding carboxylic acids is 1. The average molecular weight is 271 g/mol. The largest absolute Gasteiger partial charge is 0.337 e. The normalized spacial score (nSPS) is 10.7. The molecule has 1 aromatic carbocycles. The van der Waals surface area contributed by atoms with E-state index in [1.165, 1.54) is 5.56 Å². The Labute approximate surface area is 120 Å². The van der Waals surface area contributed by atoms with Crippen molar-refractivity contribution in [2.24, 2.45) is 7.05 Å². The number of benzene rings is 1. The third-order valence-electron chi connectivity index (χ3n) is 3.61. The van der Waals surface area contributed by atoms with Crippen LogP contribution in [0.3, 0.4) is 0 Å². The number of aryl methyl sites for hydroxylation is 3. The fraction of sp³-hybridized carbons (Fsp3) is 0.375. The SMILES string of the molecule is Cc1ccc(CN(C)C(=O)c2c(C)nn(C)c2C)cc1. The van der Waals surface area contributed by atoms with E-state index < -0.39 is 0 Å². The molecule has 20 heavy (non-hydrogen) atoms. The van der Waals surface area contributed by atoms with Crippen molar-refractivity contribution in [1.29, 1.82) is 0 Å². The lowest BCUT2D eigenvalue weighted by Gasteiger charge is -2.17. The third-order valence-corrected chi connectivity index (χ3v) is 3.61. The maximum atomic E-state index is 12.5. The molecule has 0 aliphatic rings. The van der Waals surface area contributed by atoms with Gasteiger partial charge in [-0.05, 0) is 26.3 Å². The van der Waals surface area contributed by atoms with Crippen molar-refractivity contribution in [1.82, 2.24) is 14.7 Å². The summed E-state index contributed by atoms with van der Waals surface area (Å²) >= 11 is 0. The van der Waals surface area contributed by atoms with Gasteiger partial charge in [0.2, 0.25) is 0 Å². The summed E-state index contributed by atoms with van der Waals surface area (Å²) in [5.41, 5.74) is 4.75. The molecule has 106 valence electrons. The summed E-state index contributed by atoms with van der Waals surface area (Å²) in [6, 6.07) is 8.24. The van der Waals surface area contributed by atoms with E-state index in [4.69, 9.17) is 0 Å². The van der Waals surface area contributed by atoms with Crippen LogP contribution >= 0.6 is 0 Å². The smallest absolute Gasteiger partial charge is 0.257 e. The molecule has 0 bridgehead atoms. The van der Waals surface area contributed by atoms with E-state index in [0.29, 0.717) is 12.1 Å². The van der Waals surface area contributed by atoms with Crippen molar-refractivity contribution < 1.29 is 4.79 Å². The quantitative estimate of drug-likeness (QED) is 0.860. The predicted octanol–water partition coefficient (Wildman–Crippen LogP) is 2.62. The van der Waals surface area contributed by atoms with Gasteiger partial charge in [0.15, 0.2) is 0 Å². The van der Waals surface area contributed by atoms with Crippen molar-refractivity contribution >= 4 is 5.91 Å². The Balaban J connectivity index is 2.18. The van der Waals surface area contributed by atoms with Crippen molar-refractivity contribution in [2.45, 2.75) is 27.3 Å². The minimum absolute atomic E-state index is 0.0219. The topological polar surface area (TPSA) is 38.1 Å². The number of rotatable bonds is 3. The van der Waals surface area contributed by atoms with Crippen LogP contribution in [0.15, 0.2) is 24.3 Å². The molecule has 1 amide bonds. The van der Waals surface area contributed by atoms with Gasteiger partial charge in [-0.2, -0.15) is 5.10 Å². The third kappa shape index (κ3) is 2.74. The molecule has 0 radical (unpaired) electrons. The highest BCUT2D eigenvalue weighted by molar-refractivity contribution is 5.96. The predicted molar refractivity (Wildman–Crippen MR) is 79.7 cm³/mol. The van der Waals surface area contributed by atoms with Crippen molar-refractivity contribution in [2.75, 3.05) is 7.05 Å². The molecule has 2 rings (SSSR count). The Morgan fingerprint density at radius 1 is 1.20 bits per heavy atom. The van der Waals surface area contributed by atoms with Gasteiger partial charge < -0.3 is 4.90 Å². The Morgan fingerprint density at radius 3 is 2.30 bits per heavy atom. The second-order valence-electron chi connectivity index (χ2n) is 5.32. The lowest BCUT2D eigenvalue weighted by Crippen LogP contribution is -2.27. The molecule has 0 fully saturated rings. The second kappa shape index (κ2) is 5.49. The maximum Gasteiger partial charge on any atom is 0.257 e. The van der Waals surface area contributed by atoms with Crippen LogP contribution in [0.1, 0.15) is 32.9 Å². The molecule has 1 heterocycles. The molecule has 0 atom stereocenters. The number of nitrogens with zero attached hydrogens (tertiary/aromatic N) is 3. The zero-order chi connectivity index (χ0) is 14.9. The monoisotopic (exact) mass is 271 g/mol. The molecule has 0 saturated carbocycles. The maximum absolute atomic E-state index is 12.5. The highest BCUT2D eigenvalue weighted by atomic mass is 16.2. The van der Waals surface area contributed by atoms with Crippen LogP contribution in [-0.2, 0) is 13.6 Å². The molecule has 4 nitrogen and oxygen atoms in total. The molecule has 1 aromatic heterocycles. The molecule has 0 aliphatic carbocycles. The second-order valence-corrected chi connectivity index (χ2v) is 5.32. The number of carbonyl (C=O) groups is 1. The molecular formula is C16H21N3O. The van der Waals surface area contributed by atoms with Crippen molar-refractivity contribution in [3.63, 3.8) is 0 Å². The zero-order valence-corrected chi connectivity index (χ0v) is 12.8. The van der Waals surface area contributed by atoms with E-state index in [-0.39, 0.29) is 5.91 Å². The van der Waals surface area contributed by atoms with Crippen molar-refractivity contribution in [3.8, 4) is 0 Å². The van der Waals surface area contributed by atoms with Crippen LogP contribution in [0.2, 0.25) is 0 Å². The highest BCUT2D eigenvalue weighted by Crippen LogP contribution is 2.15. The summed E-state index contributed by atoms with van der Waals surface area (Å²) in [6.45, 7) is 6.46. The Kier molecular flexibility index (Phi) is 3.93. The molecule has 0 aliphatic heterocycles. The van der Waals surface area contributed by atoms with Gasteiger partial charge in [-0.25, -0.2) is 0 Å². The molecular weight excluding hydrogens is 250 g/mol. The molecule has 2 aromatic rings. The van der Waals surface area contributed by atoms with Gasteiger partial charge in [-0.3, -0.25) is 9.48 Å². The number of amides is 1. The van der Waals surface area contributed by atoms with Gasteiger partial charge >= 0.3 is 0 Å². The molecule has 4 heteroatoms. The van der Waals surface area contributed by atoms with E-state index in [0.717, 1.165) is 17.0 Å². The summed E-state index contributed by atoms with van der Waals surface area (Å²) in [5.74, 6) is 0.0219. The van der Waals surface area contributed by atoms with Gasteiger partial charge in [-0.1, -0.05) is 29.8 Å². The first-order chi connectivity index (χ1) is 9.40. The fourth-order valence-corrected chi connectivity index (χ4v) is 2.31. The van der Waals surface area contributed by atoms with Gasteiger partial charge in [0.25, 0.3) is 5.91 Å². The van der Waals surface area contributed by atoms with Gasteiger partial charge in [-0.15, -0.1) is 0 Å². The molecule has 0 spiro atoms. The Morgan fingerprint density at radius 2 is 1.80 bits per heavy atom. The first-order valence-electron chi connectivity index (χ1n) is 6.71. The van der Waals surface area contributed by atoms with Gasteiger partial charge in [0.05, 0.1) is 11.3 Å². The number of hydrogen-bond acceptors (Lipinski definition) is 2. The summed E-state index contributed by atoms with van der Waals surface area (Å²) in [4.78, 5) is 14.3. The standard InChI is InChI=1S/C16H21N3O/c1-11-6-8-14(9-7-11)10-18(4)16(20)15-12(2)17-19(5)13(15)3/h6-9H,10H2,1-5H3. The lowest BCUT2D eigenvalue weighted by atomic mass is 10.1. The van der Waals surface area contributed by atoms with Crippen LogP contribution in [0, 0.1) is 20.8 Å². The minimum Gasteiger partial charge on any atom is -0.337 e. The van der Waals surface area contributed by atoms with E-state index >= 15 is 0 Å².